The van der Waals surface area contributed by atoms with E-state index in [1.54, 1.807) is 32.2 Å². The summed E-state index contributed by atoms with van der Waals surface area (Å²) in [5, 5.41) is 12.4. The van der Waals surface area contributed by atoms with Crippen LogP contribution in [0.3, 0.4) is 0 Å². The second-order valence-corrected chi connectivity index (χ2v) is 7.15. The molecule has 1 N–H and O–H groups in total. The molecule has 0 spiro atoms. The maximum absolute atomic E-state index is 12.5. The zero-order chi connectivity index (χ0) is 18.9. The average Bonchev–Trinajstić information content (AvgIpc) is 2.66. The number of benzene rings is 1. The molecule has 0 aliphatic carbocycles. The van der Waals surface area contributed by atoms with Gasteiger partial charge < -0.3 is 10.1 Å². The molecule has 0 saturated heterocycles. The summed E-state index contributed by atoms with van der Waals surface area (Å²) >= 11 is 1.30. The summed E-state index contributed by atoms with van der Waals surface area (Å²) in [6, 6.07) is 13.1. The van der Waals surface area contributed by atoms with E-state index in [0.29, 0.717) is 22.0 Å². The molecule has 1 aromatic carbocycles. The van der Waals surface area contributed by atoms with Crippen LogP contribution in [0.5, 0.6) is 5.75 Å². The summed E-state index contributed by atoms with van der Waals surface area (Å²) in [7, 11) is 1.56. The lowest BCUT2D eigenvalue weighted by Gasteiger charge is -2.14. The summed E-state index contributed by atoms with van der Waals surface area (Å²) < 4.78 is 5.26. The number of aromatic nitrogens is 1. The average molecular weight is 369 g/mol. The minimum absolute atomic E-state index is 0.163. The van der Waals surface area contributed by atoms with E-state index in [4.69, 9.17) is 4.74 Å². The van der Waals surface area contributed by atoms with Gasteiger partial charge in [0.1, 0.15) is 16.8 Å². The Bertz CT molecular complexity index is 802. The van der Waals surface area contributed by atoms with E-state index in [-0.39, 0.29) is 5.91 Å². The molecule has 2 rings (SSSR count). The quantitative estimate of drug-likeness (QED) is 0.697. The van der Waals surface area contributed by atoms with Gasteiger partial charge in [-0.15, -0.1) is 0 Å². The number of hydrogen-bond donors (Lipinski definition) is 1. The number of ether oxygens (including phenoxy) is 1. The van der Waals surface area contributed by atoms with Gasteiger partial charge in [0.15, 0.2) is 0 Å². The lowest BCUT2D eigenvalue weighted by atomic mass is 10.2. The first-order valence-electron chi connectivity index (χ1n) is 8.59. The zero-order valence-corrected chi connectivity index (χ0v) is 16.1. The van der Waals surface area contributed by atoms with E-state index in [1.807, 2.05) is 18.2 Å². The van der Waals surface area contributed by atoms with Gasteiger partial charge in [-0.2, -0.15) is 5.26 Å². The third kappa shape index (κ3) is 5.24. The monoisotopic (exact) mass is 369 g/mol. The van der Waals surface area contributed by atoms with Gasteiger partial charge >= 0.3 is 0 Å². The van der Waals surface area contributed by atoms with Gasteiger partial charge in [0.25, 0.3) is 0 Å². The molecule has 1 aromatic heterocycles. The van der Waals surface area contributed by atoms with Gasteiger partial charge in [0, 0.05) is 5.69 Å². The van der Waals surface area contributed by atoms with E-state index in [0.717, 1.165) is 25.0 Å². The van der Waals surface area contributed by atoms with Gasteiger partial charge in [-0.05, 0) is 44.0 Å². The van der Waals surface area contributed by atoms with Crippen LogP contribution < -0.4 is 10.1 Å². The molecular weight excluding hydrogens is 346 g/mol. The number of nitriles is 1. The number of thioether (sulfide) groups is 1. The standard InChI is InChI=1S/C20H23N3O2S/c1-4-5-8-16-12-11-15(13-21)20(22-16)26-14(2)19(24)23-17-9-6-7-10-18(17)25-3/h6-7,9-12,14H,4-5,8H2,1-3H3,(H,23,24). The minimum atomic E-state index is -0.402. The Balaban J connectivity index is 2.11. The van der Waals surface area contributed by atoms with E-state index in [1.165, 1.54) is 11.8 Å². The number of nitrogens with zero attached hydrogens (tertiary/aromatic N) is 2. The van der Waals surface area contributed by atoms with Crippen molar-refractivity contribution in [3.63, 3.8) is 0 Å². The van der Waals surface area contributed by atoms with Crippen molar-refractivity contribution in [2.75, 3.05) is 12.4 Å². The SMILES string of the molecule is CCCCc1ccc(C#N)c(SC(C)C(=O)Nc2ccccc2OC)n1. The van der Waals surface area contributed by atoms with Gasteiger partial charge in [0.2, 0.25) is 5.91 Å². The maximum atomic E-state index is 12.5. The van der Waals surface area contributed by atoms with Crippen LogP contribution in [0.4, 0.5) is 5.69 Å². The highest BCUT2D eigenvalue weighted by molar-refractivity contribution is 8.00. The summed E-state index contributed by atoms with van der Waals surface area (Å²) in [5.74, 6) is 0.444. The van der Waals surface area contributed by atoms with Crippen molar-refractivity contribution in [3.05, 3.63) is 47.7 Å². The first kappa shape index (κ1) is 19.8. The minimum Gasteiger partial charge on any atom is -0.495 e. The van der Waals surface area contributed by atoms with E-state index >= 15 is 0 Å². The van der Waals surface area contributed by atoms with E-state index in [2.05, 4.69) is 23.3 Å². The maximum Gasteiger partial charge on any atom is 0.237 e. The van der Waals surface area contributed by atoms with Crippen molar-refractivity contribution in [1.29, 1.82) is 5.26 Å². The molecule has 0 saturated carbocycles. The Morgan fingerprint density at radius 3 is 2.81 bits per heavy atom. The van der Waals surface area contributed by atoms with Crippen LogP contribution in [0.15, 0.2) is 41.4 Å². The number of nitrogens with one attached hydrogen (secondary N) is 1. The summed E-state index contributed by atoms with van der Waals surface area (Å²) in [6.07, 6.45) is 3.01. The van der Waals surface area contributed by atoms with Crippen molar-refractivity contribution in [3.8, 4) is 11.8 Å². The summed E-state index contributed by atoms with van der Waals surface area (Å²) in [6.45, 7) is 3.93. The number of amides is 1. The molecule has 1 atom stereocenters. The second-order valence-electron chi connectivity index (χ2n) is 5.82. The van der Waals surface area contributed by atoms with Crippen LogP contribution in [0, 0.1) is 11.3 Å². The number of anilines is 1. The Morgan fingerprint density at radius 1 is 1.35 bits per heavy atom. The van der Waals surface area contributed by atoms with Gasteiger partial charge in [0.05, 0.1) is 23.6 Å². The summed E-state index contributed by atoms with van der Waals surface area (Å²) in [4.78, 5) is 17.1. The topological polar surface area (TPSA) is 75.0 Å². The first-order valence-corrected chi connectivity index (χ1v) is 9.47. The largest absolute Gasteiger partial charge is 0.495 e. The van der Waals surface area contributed by atoms with E-state index in [9.17, 15) is 10.1 Å². The van der Waals surface area contributed by atoms with Gasteiger partial charge in [-0.1, -0.05) is 37.2 Å². The van der Waals surface area contributed by atoms with Gasteiger partial charge in [-0.3, -0.25) is 4.79 Å². The molecule has 0 radical (unpaired) electrons. The molecule has 0 aliphatic heterocycles. The predicted octanol–water partition coefficient (Wildman–Crippen LogP) is 4.42. The van der Waals surface area contributed by atoms with Crippen LogP contribution in [0.25, 0.3) is 0 Å². The first-order chi connectivity index (χ1) is 12.6. The fourth-order valence-electron chi connectivity index (χ4n) is 2.35. The number of aryl methyl sites for hydroxylation is 1. The number of para-hydroxylation sites is 2. The number of pyridine rings is 1. The molecule has 26 heavy (non-hydrogen) atoms. The van der Waals surface area contributed by atoms with Crippen LogP contribution >= 0.6 is 11.8 Å². The van der Waals surface area contributed by atoms with Crippen LogP contribution in [-0.2, 0) is 11.2 Å². The molecule has 6 heteroatoms. The highest BCUT2D eigenvalue weighted by Gasteiger charge is 2.19. The molecule has 0 fully saturated rings. The molecule has 1 amide bonds. The Morgan fingerprint density at radius 2 is 2.12 bits per heavy atom. The van der Waals surface area contributed by atoms with Crippen LogP contribution in [0.2, 0.25) is 0 Å². The normalized spacial score (nSPS) is 11.5. The van der Waals surface area contributed by atoms with Crippen LogP contribution in [0.1, 0.15) is 37.9 Å². The second kappa shape index (κ2) is 9.83. The molecule has 5 nitrogen and oxygen atoms in total. The Labute approximate surface area is 158 Å². The van der Waals surface area contributed by atoms with Gasteiger partial charge in [-0.25, -0.2) is 4.98 Å². The fraction of sp³-hybridized carbons (Fsp3) is 0.350. The van der Waals surface area contributed by atoms with Crippen LogP contribution in [-0.4, -0.2) is 23.3 Å². The lowest BCUT2D eigenvalue weighted by molar-refractivity contribution is -0.115. The molecule has 0 aliphatic rings. The molecule has 136 valence electrons. The third-order valence-electron chi connectivity index (χ3n) is 3.85. The Hall–Kier alpha value is -2.52. The van der Waals surface area contributed by atoms with Crippen molar-refractivity contribution in [1.82, 2.24) is 4.98 Å². The lowest BCUT2D eigenvalue weighted by Crippen LogP contribution is -2.23. The Kier molecular flexibility index (Phi) is 7.49. The summed E-state index contributed by atoms with van der Waals surface area (Å²) in [5.41, 5.74) is 2.07. The van der Waals surface area contributed by atoms with Crippen molar-refractivity contribution in [2.45, 2.75) is 43.4 Å². The molecule has 2 aromatic rings. The molecule has 1 unspecified atom stereocenters. The predicted molar refractivity (Wildman–Crippen MR) is 105 cm³/mol. The number of methoxy groups -OCH3 is 1. The molecular formula is C20H23N3O2S. The number of carbonyl (C=O) groups is 1. The number of unbranched alkanes of at least 4 members (excludes halogenated alkanes) is 1. The smallest absolute Gasteiger partial charge is 0.237 e. The molecule has 1 heterocycles. The highest BCUT2D eigenvalue weighted by Crippen LogP contribution is 2.28. The molecule has 0 bridgehead atoms. The fourth-order valence-corrected chi connectivity index (χ4v) is 3.27. The van der Waals surface area contributed by atoms with Crippen molar-refractivity contribution < 1.29 is 9.53 Å². The number of carbonyl (C=O) groups excluding carboxylic acids is 1. The number of rotatable bonds is 8. The number of hydrogen-bond acceptors (Lipinski definition) is 5. The highest BCUT2D eigenvalue weighted by atomic mass is 32.2. The van der Waals surface area contributed by atoms with Crippen molar-refractivity contribution in [2.24, 2.45) is 0 Å². The van der Waals surface area contributed by atoms with Crippen molar-refractivity contribution >= 4 is 23.4 Å². The van der Waals surface area contributed by atoms with E-state index < -0.39 is 5.25 Å². The third-order valence-corrected chi connectivity index (χ3v) is 4.95. The zero-order valence-electron chi connectivity index (χ0n) is 15.3.